The first-order valence-corrected chi connectivity index (χ1v) is 9.62. The van der Waals surface area contributed by atoms with Crippen molar-refractivity contribution in [2.75, 3.05) is 19.0 Å². The van der Waals surface area contributed by atoms with Crippen molar-refractivity contribution in [2.24, 2.45) is 0 Å². The van der Waals surface area contributed by atoms with E-state index >= 15 is 0 Å². The minimum Gasteiger partial charge on any atom is -0.493 e. The molecular formula is C21H25N3O3S. The number of carbonyl (C=O) groups excluding carboxylic acids is 2. The number of nitrogens with one attached hydrogen (secondary N) is 3. The topological polar surface area (TPSA) is 79.5 Å². The molecule has 0 heterocycles. The van der Waals surface area contributed by atoms with Gasteiger partial charge < -0.3 is 15.4 Å². The molecule has 2 aromatic carbocycles. The van der Waals surface area contributed by atoms with Gasteiger partial charge in [0.1, 0.15) is 5.75 Å². The predicted octanol–water partition coefficient (Wildman–Crippen LogP) is 3.74. The number of anilines is 1. The zero-order valence-electron chi connectivity index (χ0n) is 16.1. The maximum atomic E-state index is 12.6. The second-order valence-electron chi connectivity index (χ2n) is 6.12. The zero-order valence-corrected chi connectivity index (χ0v) is 16.9. The predicted molar refractivity (Wildman–Crippen MR) is 115 cm³/mol. The van der Waals surface area contributed by atoms with Crippen LogP contribution in [-0.2, 0) is 0 Å². The number of unbranched alkanes of at least 4 members (excludes halogenated alkanes) is 2. The van der Waals surface area contributed by atoms with E-state index in [4.69, 9.17) is 17.0 Å². The lowest BCUT2D eigenvalue weighted by Crippen LogP contribution is -2.34. The highest BCUT2D eigenvalue weighted by Crippen LogP contribution is 2.18. The second kappa shape index (κ2) is 11.0. The lowest BCUT2D eigenvalue weighted by molar-refractivity contribution is 0.0958. The molecule has 6 nitrogen and oxygen atoms in total. The lowest BCUT2D eigenvalue weighted by Gasteiger charge is -2.13. The Morgan fingerprint density at radius 1 is 1.04 bits per heavy atom. The van der Waals surface area contributed by atoms with Gasteiger partial charge in [-0.2, -0.15) is 0 Å². The third-order valence-electron chi connectivity index (χ3n) is 3.97. The molecule has 2 aromatic rings. The molecule has 0 saturated heterocycles. The molecule has 7 heteroatoms. The Morgan fingerprint density at radius 3 is 2.57 bits per heavy atom. The Balaban J connectivity index is 1.99. The molecule has 28 heavy (non-hydrogen) atoms. The van der Waals surface area contributed by atoms with Crippen LogP contribution in [-0.4, -0.2) is 30.6 Å². The van der Waals surface area contributed by atoms with Crippen LogP contribution in [0.3, 0.4) is 0 Å². The van der Waals surface area contributed by atoms with Crippen LogP contribution in [0.5, 0.6) is 5.75 Å². The van der Waals surface area contributed by atoms with Crippen molar-refractivity contribution in [3.63, 3.8) is 0 Å². The van der Waals surface area contributed by atoms with E-state index in [0.29, 0.717) is 29.2 Å². The molecule has 148 valence electrons. The summed E-state index contributed by atoms with van der Waals surface area (Å²) in [5.41, 5.74) is 1.52. The van der Waals surface area contributed by atoms with Gasteiger partial charge in [0.05, 0.1) is 12.2 Å². The Kier molecular flexibility index (Phi) is 8.42. The van der Waals surface area contributed by atoms with E-state index in [2.05, 4.69) is 22.9 Å². The summed E-state index contributed by atoms with van der Waals surface area (Å²) in [7, 11) is 1.56. The molecule has 0 atom stereocenters. The fourth-order valence-electron chi connectivity index (χ4n) is 2.53. The van der Waals surface area contributed by atoms with Gasteiger partial charge in [0, 0.05) is 18.3 Å². The first-order valence-electron chi connectivity index (χ1n) is 9.21. The van der Waals surface area contributed by atoms with Crippen LogP contribution in [0.15, 0.2) is 48.5 Å². The van der Waals surface area contributed by atoms with Crippen LogP contribution in [0, 0.1) is 0 Å². The smallest absolute Gasteiger partial charge is 0.261 e. The molecule has 0 radical (unpaired) electrons. The second-order valence-corrected chi connectivity index (χ2v) is 6.53. The third kappa shape index (κ3) is 6.35. The fraction of sp³-hybridized carbons (Fsp3) is 0.286. The van der Waals surface area contributed by atoms with E-state index in [-0.39, 0.29) is 16.9 Å². The minimum atomic E-state index is -0.356. The average Bonchev–Trinajstić information content (AvgIpc) is 2.71. The van der Waals surface area contributed by atoms with Gasteiger partial charge in [0.15, 0.2) is 5.11 Å². The fourth-order valence-corrected chi connectivity index (χ4v) is 2.74. The maximum absolute atomic E-state index is 12.6. The SMILES string of the molecule is CCCCCOc1ccccc1C(=O)NC(=S)Nc1cccc(C(=O)NC)c1. The normalized spacial score (nSPS) is 10.1. The van der Waals surface area contributed by atoms with Crippen molar-refractivity contribution in [1.82, 2.24) is 10.6 Å². The molecule has 0 aromatic heterocycles. The number of amides is 2. The average molecular weight is 400 g/mol. The summed E-state index contributed by atoms with van der Waals surface area (Å²) in [6.45, 7) is 2.69. The summed E-state index contributed by atoms with van der Waals surface area (Å²) in [5, 5.41) is 8.27. The van der Waals surface area contributed by atoms with Gasteiger partial charge in [-0.25, -0.2) is 0 Å². The standard InChI is InChI=1S/C21H25N3O3S/c1-3-4-7-13-27-18-12-6-5-11-17(18)20(26)24-21(28)23-16-10-8-9-15(14-16)19(25)22-2/h5-6,8-12,14H,3-4,7,13H2,1-2H3,(H,22,25)(H2,23,24,26,28). The number of hydrogen-bond acceptors (Lipinski definition) is 4. The number of thiocarbonyl (C=S) groups is 1. The Labute approximate surface area is 170 Å². The highest BCUT2D eigenvalue weighted by molar-refractivity contribution is 7.80. The van der Waals surface area contributed by atoms with Crippen LogP contribution in [0.25, 0.3) is 0 Å². The molecule has 0 saturated carbocycles. The van der Waals surface area contributed by atoms with Gasteiger partial charge in [-0.3, -0.25) is 14.9 Å². The molecule has 0 fully saturated rings. The minimum absolute atomic E-state index is 0.139. The summed E-state index contributed by atoms with van der Waals surface area (Å²) < 4.78 is 5.75. The molecule has 0 bridgehead atoms. The number of ether oxygens (including phenoxy) is 1. The number of para-hydroxylation sites is 1. The molecule has 0 aliphatic rings. The number of carbonyl (C=O) groups is 2. The highest BCUT2D eigenvalue weighted by atomic mass is 32.1. The van der Waals surface area contributed by atoms with Crippen LogP contribution in [0.4, 0.5) is 5.69 Å². The van der Waals surface area contributed by atoms with Crippen molar-refractivity contribution in [3.05, 3.63) is 59.7 Å². The van der Waals surface area contributed by atoms with Crippen LogP contribution >= 0.6 is 12.2 Å². The quantitative estimate of drug-likeness (QED) is 0.465. The maximum Gasteiger partial charge on any atom is 0.261 e. The van der Waals surface area contributed by atoms with Gasteiger partial charge in [-0.05, 0) is 49.0 Å². The van der Waals surface area contributed by atoms with Crippen molar-refractivity contribution >= 4 is 34.8 Å². The molecule has 0 aliphatic carbocycles. The first kappa shape index (κ1) is 21.4. The van der Waals surface area contributed by atoms with Crippen LogP contribution < -0.4 is 20.7 Å². The van der Waals surface area contributed by atoms with Crippen LogP contribution in [0.1, 0.15) is 46.9 Å². The number of rotatable bonds is 8. The molecular weight excluding hydrogens is 374 g/mol. The Morgan fingerprint density at radius 2 is 1.82 bits per heavy atom. The Hall–Kier alpha value is -2.93. The summed E-state index contributed by atoms with van der Waals surface area (Å²) in [5.74, 6) is -0.0284. The van der Waals surface area contributed by atoms with Crippen LogP contribution in [0.2, 0.25) is 0 Å². The molecule has 3 N–H and O–H groups in total. The van der Waals surface area contributed by atoms with Gasteiger partial charge >= 0.3 is 0 Å². The number of hydrogen-bond donors (Lipinski definition) is 3. The molecule has 2 amide bonds. The summed E-state index contributed by atoms with van der Waals surface area (Å²) in [4.78, 5) is 24.3. The van der Waals surface area contributed by atoms with Gasteiger partial charge in [0.25, 0.3) is 11.8 Å². The van der Waals surface area contributed by atoms with Gasteiger partial charge in [-0.15, -0.1) is 0 Å². The molecule has 2 rings (SSSR count). The Bertz CT molecular complexity index is 839. The monoisotopic (exact) mass is 399 g/mol. The molecule has 0 aliphatic heterocycles. The van der Waals surface area contributed by atoms with E-state index < -0.39 is 0 Å². The van der Waals surface area contributed by atoms with E-state index in [1.165, 1.54) is 0 Å². The van der Waals surface area contributed by atoms with E-state index in [9.17, 15) is 9.59 Å². The zero-order chi connectivity index (χ0) is 20.4. The highest BCUT2D eigenvalue weighted by Gasteiger charge is 2.14. The van der Waals surface area contributed by atoms with Gasteiger partial charge in [0.2, 0.25) is 0 Å². The van der Waals surface area contributed by atoms with Crippen molar-refractivity contribution in [2.45, 2.75) is 26.2 Å². The van der Waals surface area contributed by atoms with E-state index in [1.807, 2.05) is 6.07 Å². The lowest BCUT2D eigenvalue weighted by atomic mass is 10.2. The van der Waals surface area contributed by atoms with E-state index in [0.717, 1.165) is 19.3 Å². The van der Waals surface area contributed by atoms with E-state index in [1.54, 1.807) is 49.5 Å². The third-order valence-corrected chi connectivity index (χ3v) is 4.18. The van der Waals surface area contributed by atoms with Crippen molar-refractivity contribution in [3.8, 4) is 5.75 Å². The summed E-state index contributed by atoms with van der Waals surface area (Å²) in [6, 6.07) is 13.9. The summed E-state index contributed by atoms with van der Waals surface area (Å²) in [6.07, 6.45) is 3.12. The van der Waals surface area contributed by atoms with Crippen molar-refractivity contribution in [1.29, 1.82) is 0 Å². The first-order chi connectivity index (χ1) is 13.5. The molecule has 0 unspecified atom stereocenters. The number of benzene rings is 2. The molecule has 0 spiro atoms. The summed E-state index contributed by atoms with van der Waals surface area (Å²) >= 11 is 5.23. The van der Waals surface area contributed by atoms with Gasteiger partial charge in [-0.1, -0.05) is 38.0 Å². The van der Waals surface area contributed by atoms with Crippen molar-refractivity contribution < 1.29 is 14.3 Å². The largest absolute Gasteiger partial charge is 0.493 e.